The molecule has 0 spiro atoms. The van der Waals surface area contributed by atoms with Gasteiger partial charge in [0.05, 0.1) is 42.7 Å². The van der Waals surface area contributed by atoms with E-state index in [1.165, 1.54) is 7.11 Å². The van der Waals surface area contributed by atoms with E-state index < -0.39 is 11.6 Å². The molecule has 238 valence electrons. The minimum atomic E-state index is -0.593. The number of hydrogen-bond acceptors (Lipinski definition) is 8. The maximum atomic E-state index is 14.1. The van der Waals surface area contributed by atoms with Gasteiger partial charge in [-0.05, 0) is 81.1 Å². The molecule has 1 saturated heterocycles. The zero-order chi connectivity index (χ0) is 32.7. The van der Waals surface area contributed by atoms with Crippen LogP contribution in [-0.2, 0) is 23.1 Å². The molecule has 2 aromatic carbocycles. The van der Waals surface area contributed by atoms with E-state index in [1.54, 1.807) is 33.7 Å². The van der Waals surface area contributed by atoms with Crippen LogP contribution in [0, 0.1) is 6.92 Å². The van der Waals surface area contributed by atoms with E-state index in [-0.39, 0.29) is 17.7 Å². The van der Waals surface area contributed by atoms with E-state index in [0.29, 0.717) is 30.0 Å². The Morgan fingerprint density at radius 1 is 0.957 bits per heavy atom. The summed E-state index contributed by atoms with van der Waals surface area (Å²) in [6, 6.07) is 16.9. The lowest BCUT2D eigenvalue weighted by Crippen LogP contribution is -2.29. The number of fused-ring (bicyclic) bond motifs is 1. The van der Waals surface area contributed by atoms with Gasteiger partial charge in [-0.3, -0.25) is 14.0 Å². The van der Waals surface area contributed by atoms with Crippen molar-refractivity contribution in [1.82, 2.24) is 28.6 Å². The Hall–Kier alpha value is -5.03. The number of rotatable bonds is 7. The predicted octanol–water partition coefficient (Wildman–Crippen LogP) is 5.09. The maximum Gasteiger partial charge on any atom is 0.357 e. The molecule has 3 aromatic heterocycles. The number of likely N-dealkylation sites (tertiary alicyclic amines) is 1. The third-order valence-corrected chi connectivity index (χ3v) is 8.29. The second-order valence-corrected chi connectivity index (χ2v) is 12.8. The predicted molar refractivity (Wildman–Crippen MR) is 174 cm³/mol. The average molecular weight is 623 g/mol. The summed E-state index contributed by atoms with van der Waals surface area (Å²) < 4.78 is 15.7. The van der Waals surface area contributed by atoms with Crippen LogP contribution in [0.15, 0.2) is 71.8 Å². The first kappa shape index (κ1) is 31.0. The van der Waals surface area contributed by atoms with E-state index in [0.717, 1.165) is 46.7 Å². The maximum absolute atomic E-state index is 14.1. The summed E-state index contributed by atoms with van der Waals surface area (Å²) in [5.41, 5.74) is 5.18. The number of aromatic nitrogens is 5. The molecule has 1 atom stereocenters. The Morgan fingerprint density at radius 3 is 2.28 bits per heavy atom. The molecule has 0 amide bonds. The van der Waals surface area contributed by atoms with Crippen molar-refractivity contribution in [1.29, 1.82) is 0 Å². The molecule has 4 heterocycles. The largest absolute Gasteiger partial charge is 0.465 e. The summed E-state index contributed by atoms with van der Waals surface area (Å²) in [7, 11) is 3.18. The standard InChI is InChI=1S/C35H38N6O5/c1-22-17-28-31(37-18-22)41(27-15-16-39(20-27)21-30-36-19-29(38(30)5)33(43)46-35(2,3)4)34(44)40(28)26-13-11-24(12-14-26)23-7-9-25(10-8-23)32(42)45-6/h7-14,17-19,27H,15-16,20-21H2,1-6H3/t27-/m0/s1. The summed E-state index contributed by atoms with van der Waals surface area (Å²) in [5.74, 6) is -0.0285. The number of benzene rings is 2. The molecule has 11 heteroatoms. The number of nitrogens with zero attached hydrogens (tertiary/aromatic N) is 6. The molecule has 1 fully saturated rings. The summed E-state index contributed by atoms with van der Waals surface area (Å²) in [4.78, 5) is 50.1. The minimum absolute atomic E-state index is 0.0790. The van der Waals surface area contributed by atoms with Gasteiger partial charge in [0.2, 0.25) is 0 Å². The van der Waals surface area contributed by atoms with Gasteiger partial charge >= 0.3 is 17.6 Å². The summed E-state index contributed by atoms with van der Waals surface area (Å²) >= 11 is 0. The molecule has 6 rings (SSSR count). The second-order valence-electron chi connectivity index (χ2n) is 12.8. The first-order chi connectivity index (χ1) is 21.9. The van der Waals surface area contributed by atoms with Gasteiger partial charge < -0.3 is 14.0 Å². The molecule has 0 N–H and O–H groups in total. The highest BCUT2D eigenvalue weighted by molar-refractivity contribution is 5.90. The monoisotopic (exact) mass is 622 g/mol. The van der Waals surface area contributed by atoms with Crippen LogP contribution >= 0.6 is 0 Å². The highest BCUT2D eigenvalue weighted by atomic mass is 16.6. The zero-order valence-corrected chi connectivity index (χ0v) is 27.0. The Kier molecular flexibility index (Phi) is 8.11. The van der Waals surface area contributed by atoms with Crippen LogP contribution in [0.5, 0.6) is 0 Å². The van der Waals surface area contributed by atoms with Crippen LogP contribution in [0.3, 0.4) is 0 Å². The second kappa shape index (κ2) is 12.1. The lowest BCUT2D eigenvalue weighted by Gasteiger charge is -2.20. The molecule has 0 saturated carbocycles. The molecule has 0 radical (unpaired) electrons. The van der Waals surface area contributed by atoms with E-state index in [1.807, 2.05) is 81.8 Å². The Bertz CT molecular complexity index is 1980. The lowest BCUT2D eigenvalue weighted by molar-refractivity contribution is 0.00581. The SMILES string of the molecule is COC(=O)c1ccc(-c2ccc(-n3c(=O)n([C@H]4CCN(Cc5ncc(C(=O)OC(C)(C)C)n5C)C4)c4ncc(C)cc43)cc2)cc1. The molecule has 46 heavy (non-hydrogen) atoms. The fraction of sp³-hybridized carbons (Fsp3) is 0.343. The van der Waals surface area contributed by atoms with Crippen LogP contribution in [0.25, 0.3) is 28.0 Å². The lowest BCUT2D eigenvalue weighted by atomic mass is 10.0. The van der Waals surface area contributed by atoms with Crippen LogP contribution < -0.4 is 5.69 Å². The first-order valence-corrected chi connectivity index (χ1v) is 15.3. The van der Waals surface area contributed by atoms with E-state index in [2.05, 4.69) is 9.88 Å². The van der Waals surface area contributed by atoms with Gasteiger partial charge in [0.15, 0.2) is 5.65 Å². The normalized spacial score (nSPS) is 15.4. The molecular formula is C35H38N6O5. The number of aryl methyl sites for hydroxylation is 1. The Labute approximate surface area is 267 Å². The zero-order valence-electron chi connectivity index (χ0n) is 27.0. The fourth-order valence-electron chi connectivity index (χ4n) is 5.98. The molecular weight excluding hydrogens is 584 g/mol. The van der Waals surface area contributed by atoms with E-state index in [9.17, 15) is 14.4 Å². The molecule has 1 aliphatic rings. The Morgan fingerprint density at radius 2 is 1.63 bits per heavy atom. The van der Waals surface area contributed by atoms with Crippen molar-refractivity contribution in [2.45, 2.75) is 52.3 Å². The number of carbonyl (C=O) groups excluding carboxylic acids is 2. The smallest absolute Gasteiger partial charge is 0.357 e. The van der Waals surface area contributed by atoms with Gasteiger partial charge in [0.1, 0.15) is 17.1 Å². The molecule has 5 aromatic rings. The average Bonchev–Trinajstić information content (AvgIpc) is 3.71. The number of imidazole rings is 2. The minimum Gasteiger partial charge on any atom is -0.465 e. The molecule has 1 aliphatic heterocycles. The van der Waals surface area contributed by atoms with Crippen molar-refractivity contribution in [3.05, 3.63) is 100 Å². The summed E-state index contributed by atoms with van der Waals surface area (Å²) in [6.07, 6.45) is 4.13. The highest BCUT2D eigenvalue weighted by Gasteiger charge is 2.30. The van der Waals surface area contributed by atoms with E-state index in [4.69, 9.17) is 14.5 Å². The number of ether oxygens (including phenoxy) is 2. The topological polar surface area (TPSA) is 113 Å². The molecule has 0 bridgehead atoms. The van der Waals surface area contributed by atoms with Gasteiger partial charge in [-0.2, -0.15) is 0 Å². The molecule has 0 aliphatic carbocycles. The number of carbonyl (C=O) groups is 2. The third-order valence-electron chi connectivity index (χ3n) is 8.29. The van der Waals surface area contributed by atoms with Gasteiger partial charge in [-0.1, -0.05) is 24.3 Å². The van der Waals surface area contributed by atoms with Crippen molar-refractivity contribution in [3.8, 4) is 16.8 Å². The van der Waals surface area contributed by atoms with Crippen LogP contribution in [0.4, 0.5) is 0 Å². The first-order valence-electron chi connectivity index (χ1n) is 15.3. The molecule has 0 unspecified atom stereocenters. The Balaban J connectivity index is 1.25. The summed E-state index contributed by atoms with van der Waals surface area (Å²) in [6.45, 7) is 9.44. The van der Waals surface area contributed by atoms with Crippen LogP contribution in [0.1, 0.15) is 65.5 Å². The third kappa shape index (κ3) is 5.97. The van der Waals surface area contributed by atoms with Crippen molar-refractivity contribution in [3.63, 3.8) is 0 Å². The van der Waals surface area contributed by atoms with Crippen LogP contribution in [0.2, 0.25) is 0 Å². The molecule has 11 nitrogen and oxygen atoms in total. The van der Waals surface area contributed by atoms with Crippen molar-refractivity contribution >= 4 is 23.1 Å². The fourth-order valence-corrected chi connectivity index (χ4v) is 5.98. The summed E-state index contributed by atoms with van der Waals surface area (Å²) in [5, 5.41) is 0. The van der Waals surface area contributed by atoms with E-state index >= 15 is 0 Å². The number of methoxy groups -OCH3 is 1. The van der Waals surface area contributed by atoms with Gasteiger partial charge in [-0.25, -0.2) is 24.4 Å². The number of esters is 2. The number of hydrogen-bond donors (Lipinski definition) is 0. The van der Waals surface area contributed by atoms with Gasteiger partial charge in [0, 0.05) is 26.3 Å². The van der Waals surface area contributed by atoms with Crippen molar-refractivity contribution in [2.24, 2.45) is 7.05 Å². The highest BCUT2D eigenvalue weighted by Crippen LogP contribution is 2.28. The van der Waals surface area contributed by atoms with Crippen LogP contribution in [-0.4, -0.2) is 66.3 Å². The van der Waals surface area contributed by atoms with Gasteiger partial charge in [0.25, 0.3) is 0 Å². The number of pyridine rings is 1. The van der Waals surface area contributed by atoms with Crippen molar-refractivity contribution < 1.29 is 19.1 Å². The quantitative estimate of drug-likeness (QED) is 0.231. The van der Waals surface area contributed by atoms with Gasteiger partial charge in [-0.15, -0.1) is 0 Å². The van der Waals surface area contributed by atoms with Crippen molar-refractivity contribution in [2.75, 3.05) is 20.2 Å².